The highest BCUT2D eigenvalue weighted by Crippen LogP contribution is 2.33. The molecule has 1 fully saturated rings. The molecular formula is C25H22Cl2N6O. The van der Waals surface area contributed by atoms with Gasteiger partial charge in [0.15, 0.2) is 0 Å². The topological polar surface area (TPSA) is 83.9 Å². The van der Waals surface area contributed by atoms with Crippen LogP contribution in [0.4, 0.5) is 5.82 Å². The fraction of sp³-hybridized carbons (Fsp3) is 0.240. The Morgan fingerprint density at radius 1 is 1.09 bits per heavy atom. The van der Waals surface area contributed by atoms with Crippen molar-refractivity contribution in [2.24, 2.45) is 0 Å². The fourth-order valence-corrected chi connectivity index (χ4v) is 4.84. The van der Waals surface area contributed by atoms with Gasteiger partial charge in [-0.15, -0.1) is 0 Å². The van der Waals surface area contributed by atoms with E-state index in [0.29, 0.717) is 33.8 Å². The summed E-state index contributed by atoms with van der Waals surface area (Å²) in [4.78, 5) is 24.8. The van der Waals surface area contributed by atoms with Crippen molar-refractivity contribution in [1.29, 1.82) is 0 Å². The molecule has 9 heteroatoms. The van der Waals surface area contributed by atoms with Crippen molar-refractivity contribution in [2.75, 3.05) is 18.0 Å². The Bertz CT molecular complexity index is 1360. The maximum atomic E-state index is 13.9. The largest absolute Gasteiger partial charge is 0.315 e. The molecule has 1 aromatic carbocycles. The number of carbonyl (C=O) groups excluding carboxylic acids is 1. The molecule has 5 rings (SSSR count). The number of fused-ring (bicyclic) bond motifs is 1. The van der Waals surface area contributed by atoms with E-state index in [2.05, 4.69) is 25.5 Å². The monoisotopic (exact) mass is 492 g/mol. The normalized spacial score (nSPS) is 15.9. The smallest absolute Gasteiger partial charge is 0.278 e. The maximum absolute atomic E-state index is 13.9. The van der Waals surface area contributed by atoms with Gasteiger partial charge in [0.1, 0.15) is 11.5 Å². The highest BCUT2D eigenvalue weighted by molar-refractivity contribution is 6.31. The average molecular weight is 493 g/mol. The summed E-state index contributed by atoms with van der Waals surface area (Å²) in [7, 11) is 0. The van der Waals surface area contributed by atoms with Gasteiger partial charge in [-0.2, -0.15) is 10.2 Å². The Balaban J connectivity index is 1.57. The third-order valence-corrected chi connectivity index (χ3v) is 6.41. The van der Waals surface area contributed by atoms with Crippen molar-refractivity contribution in [3.8, 4) is 11.3 Å². The maximum Gasteiger partial charge on any atom is 0.278 e. The lowest BCUT2D eigenvalue weighted by Crippen LogP contribution is -2.49. The summed E-state index contributed by atoms with van der Waals surface area (Å²) in [6.45, 7) is 3.61. The summed E-state index contributed by atoms with van der Waals surface area (Å²) < 4.78 is 0. The lowest BCUT2D eigenvalue weighted by Gasteiger charge is -2.34. The zero-order chi connectivity index (χ0) is 23.7. The van der Waals surface area contributed by atoms with E-state index < -0.39 is 0 Å². The second kappa shape index (κ2) is 9.62. The van der Waals surface area contributed by atoms with Gasteiger partial charge >= 0.3 is 0 Å². The number of pyridine rings is 2. The minimum Gasteiger partial charge on any atom is -0.315 e. The van der Waals surface area contributed by atoms with E-state index in [1.54, 1.807) is 35.5 Å². The first kappa shape index (κ1) is 22.7. The first-order valence-electron chi connectivity index (χ1n) is 11.0. The Morgan fingerprint density at radius 2 is 1.97 bits per heavy atom. The number of hydrogen-bond donors (Lipinski definition) is 1. The van der Waals surface area contributed by atoms with E-state index in [4.69, 9.17) is 23.2 Å². The summed E-state index contributed by atoms with van der Waals surface area (Å²) in [5, 5.41) is 14.4. The number of rotatable bonds is 4. The van der Waals surface area contributed by atoms with Crippen molar-refractivity contribution in [3.63, 3.8) is 0 Å². The van der Waals surface area contributed by atoms with E-state index in [-0.39, 0.29) is 11.9 Å². The van der Waals surface area contributed by atoms with Crippen LogP contribution in [-0.4, -0.2) is 45.2 Å². The molecule has 0 radical (unpaired) electrons. The molecule has 0 saturated carbocycles. The van der Waals surface area contributed by atoms with Crippen LogP contribution in [0.3, 0.4) is 0 Å². The summed E-state index contributed by atoms with van der Waals surface area (Å²) in [5.74, 6) is 0.420. The molecule has 4 aromatic rings. The van der Waals surface area contributed by atoms with Crippen LogP contribution >= 0.6 is 23.2 Å². The number of benzene rings is 1. The molecule has 1 aliphatic rings. The molecule has 1 atom stereocenters. The van der Waals surface area contributed by atoms with Crippen molar-refractivity contribution in [3.05, 3.63) is 76.3 Å². The average Bonchev–Trinajstić information content (AvgIpc) is 2.84. The zero-order valence-corrected chi connectivity index (χ0v) is 20.0. The van der Waals surface area contributed by atoms with Crippen molar-refractivity contribution in [1.82, 2.24) is 25.5 Å². The Morgan fingerprint density at radius 3 is 2.71 bits per heavy atom. The SMILES string of the molecule is Cc1cc(Cl)cc2ccnc(N(C(=O)c3ccc(-c4cc(Cl)cnn4)cn3)C3CCCNC3)c12. The van der Waals surface area contributed by atoms with Crippen LogP contribution < -0.4 is 10.2 Å². The van der Waals surface area contributed by atoms with Crippen LogP contribution in [0.5, 0.6) is 0 Å². The number of aryl methyl sites for hydroxylation is 1. The van der Waals surface area contributed by atoms with Gasteiger partial charge in [-0.25, -0.2) is 4.98 Å². The molecule has 0 spiro atoms. The quantitative estimate of drug-likeness (QED) is 0.426. The number of carbonyl (C=O) groups is 1. The molecule has 1 amide bonds. The molecule has 1 saturated heterocycles. The van der Waals surface area contributed by atoms with Crippen LogP contribution in [0.15, 0.2) is 55.0 Å². The van der Waals surface area contributed by atoms with Gasteiger partial charge in [0.05, 0.1) is 23.0 Å². The number of nitrogens with zero attached hydrogens (tertiary/aromatic N) is 5. The van der Waals surface area contributed by atoms with Gasteiger partial charge in [0.25, 0.3) is 5.91 Å². The lowest BCUT2D eigenvalue weighted by molar-refractivity contribution is 0.0967. The Labute approximate surface area is 207 Å². The molecule has 4 heterocycles. The minimum absolute atomic E-state index is 0.0466. The predicted molar refractivity (Wildman–Crippen MR) is 134 cm³/mol. The summed E-state index contributed by atoms with van der Waals surface area (Å²) in [6, 6.07) is 10.9. The number of piperidine rings is 1. The van der Waals surface area contributed by atoms with Crippen LogP contribution in [-0.2, 0) is 0 Å². The molecule has 1 aliphatic heterocycles. The zero-order valence-electron chi connectivity index (χ0n) is 18.5. The second-order valence-electron chi connectivity index (χ2n) is 8.32. The van der Waals surface area contributed by atoms with Crippen LogP contribution in [0.25, 0.3) is 22.0 Å². The minimum atomic E-state index is -0.202. The van der Waals surface area contributed by atoms with Crippen LogP contribution in [0.1, 0.15) is 28.9 Å². The van der Waals surface area contributed by atoms with Crippen molar-refractivity contribution < 1.29 is 4.79 Å². The molecule has 0 bridgehead atoms. The van der Waals surface area contributed by atoms with Gasteiger partial charge in [-0.05, 0) is 73.7 Å². The van der Waals surface area contributed by atoms with Crippen LogP contribution in [0, 0.1) is 6.92 Å². The highest BCUT2D eigenvalue weighted by atomic mass is 35.5. The fourth-order valence-electron chi connectivity index (χ4n) is 4.41. The van der Waals surface area contributed by atoms with Gasteiger partial charge in [-0.3, -0.25) is 14.7 Å². The van der Waals surface area contributed by atoms with E-state index >= 15 is 0 Å². The molecule has 7 nitrogen and oxygen atoms in total. The van der Waals surface area contributed by atoms with Gasteiger partial charge in [0.2, 0.25) is 0 Å². The van der Waals surface area contributed by atoms with E-state index in [1.807, 2.05) is 25.1 Å². The first-order chi connectivity index (χ1) is 16.5. The Hall–Kier alpha value is -3.13. The van der Waals surface area contributed by atoms with Crippen molar-refractivity contribution in [2.45, 2.75) is 25.8 Å². The second-order valence-corrected chi connectivity index (χ2v) is 9.19. The van der Waals surface area contributed by atoms with Crippen molar-refractivity contribution >= 4 is 45.7 Å². The third-order valence-electron chi connectivity index (χ3n) is 5.99. The molecule has 1 N–H and O–H groups in total. The molecule has 34 heavy (non-hydrogen) atoms. The van der Waals surface area contributed by atoms with Gasteiger partial charge in [-0.1, -0.05) is 23.2 Å². The molecule has 1 unspecified atom stereocenters. The number of amides is 1. The van der Waals surface area contributed by atoms with E-state index in [1.165, 1.54) is 6.20 Å². The molecule has 0 aliphatic carbocycles. The lowest BCUT2D eigenvalue weighted by atomic mass is 10.0. The van der Waals surface area contributed by atoms with E-state index in [0.717, 1.165) is 41.3 Å². The molecule has 3 aromatic heterocycles. The summed E-state index contributed by atoms with van der Waals surface area (Å²) >= 11 is 12.3. The number of nitrogens with one attached hydrogen (secondary N) is 1. The summed E-state index contributed by atoms with van der Waals surface area (Å²) in [5.41, 5.74) is 2.62. The van der Waals surface area contributed by atoms with Crippen LogP contribution in [0.2, 0.25) is 10.0 Å². The standard InChI is InChI=1S/C25H22Cl2N6O/c1-15-9-18(26)10-16-6-8-29-24(23(15)16)33(20-3-2-7-28-14-20)25(34)21-5-4-17(12-30-21)22-11-19(27)13-31-32-22/h4-6,8-13,20,28H,2-3,7,14H2,1H3. The predicted octanol–water partition coefficient (Wildman–Crippen LogP) is 5.10. The number of halogens is 2. The van der Waals surface area contributed by atoms with Gasteiger partial charge < -0.3 is 5.32 Å². The number of hydrogen-bond acceptors (Lipinski definition) is 6. The van der Waals surface area contributed by atoms with E-state index in [9.17, 15) is 4.79 Å². The highest BCUT2D eigenvalue weighted by Gasteiger charge is 2.31. The summed E-state index contributed by atoms with van der Waals surface area (Å²) in [6.07, 6.45) is 6.66. The third kappa shape index (κ3) is 4.46. The number of aromatic nitrogens is 4. The first-order valence-corrected chi connectivity index (χ1v) is 11.8. The number of anilines is 1. The molecular weight excluding hydrogens is 471 g/mol. The Kier molecular flexibility index (Phi) is 6.41. The molecule has 172 valence electrons. The van der Waals surface area contributed by atoms with Gasteiger partial charge in [0, 0.05) is 34.9 Å².